The van der Waals surface area contributed by atoms with Crippen molar-refractivity contribution in [2.45, 2.75) is 26.4 Å². The van der Waals surface area contributed by atoms with E-state index in [1.807, 2.05) is 43.9 Å². The van der Waals surface area contributed by atoms with Gasteiger partial charge in [0.15, 0.2) is 5.96 Å². The van der Waals surface area contributed by atoms with Crippen molar-refractivity contribution in [2.75, 3.05) is 38.0 Å². The molecular weight excluding hydrogens is 334 g/mol. The lowest BCUT2D eigenvalue weighted by Crippen LogP contribution is -2.53. The lowest BCUT2D eigenvalue weighted by atomic mass is 10.2. The highest BCUT2D eigenvalue weighted by molar-refractivity contribution is 5.93. The van der Waals surface area contributed by atoms with E-state index in [1.165, 1.54) is 0 Å². The molecule has 1 aromatic carbocycles. The predicted molar refractivity (Wildman–Crippen MR) is 101 cm³/mol. The van der Waals surface area contributed by atoms with E-state index < -0.39 is 5.60 Å². The van der Waals surface area contributed by atoms with Crippen LogP contribution in [0.3, 0.4) is 0 Å². The van der Waals surface area contributed by atoms with Gasteiger partial charge in [0.2, 0.25) is 5.91 Å². The SMILES string of the molecule is CC(C)(C)OC(=O)N1CCN(C(N)=NCC(=O)Nc2ccccc2)CC1. The first kappa shape index (κ1) is 19.6. The maximum Gasteiger partial charge on any atom is 0.410 e. The Bertz CT molecular complexity index is 647. The average Bonchev–Trinajstić information content (AvgIpc) is 2.59. The largest absolute Gasteiger partial charge is 0.444 e. The van der Waals surface area contributed by atoms with Crippen LogP contribution in [0.2, 0.25) is 0 Å². The van der Waals surface area contributed by atoms with Gasteiger partial charge in [-0.15, -0.1) is 0 Å². The number of para-hydroxylation sites is 1. The van der Waals surface area contributed by atoms with Crippen molar-refractivity contribution in [1.29, 1.82) is 0 Å². The Morgan fingerprint density at radius 3 is 2.27 bits per heavy atom. The molecule has 1 aliphatic heterocycles. The van der Waals surface area contributed by atoms with E-state index in [9.17, 15) is 9.59 Å². The number of benzene rings is 1. The number of hydrogen-bond donors (Lipinski definition) is 2. The first-order chi connectivity index (χ1) is 12.2. The summed E-state index contributed by atoms with van der Waals surface area (Å²) in [5.74, 6) is 0.0728. The molecule has 26 heavy (non-hydrogen) atoms. The summed E-state index contributed by atoms with van der Waals surface area (Å²) in [5, 5.41) is 2.75. The highest BCUT2D eigenvalue weighted by atomic mass is 16.6. The summed E-state index contributed by atoms with van der Waals surface area (Å²) in [5.41, 5.74) is 6.18. The van der Waals surface area contributed by atoms with E-state index in [-0.39, 0.29) is 18.5 Å². The molecule has 1 saturated heterocycles. The van der Waals surface area contributed by atoms with Gasteiger partial charge in [0, 0.05) is 31.9 Å². The van der Waals surface area contributed by atoms with E-state index in [4.69, 9.17) is 10.5 Å². The summed E-state index contributed by atoms with van der Waals surface area (Å²) < 4.78 is 5.36. The first-order valence-corrected chi connectivity index (χ1v) is 8.62. The van der Waals surface area contributed by atoms with E-state index >= 15 is 0 Å². The molecule has 0 radical (unpaired) electrons. The number of rotatable bonds is 3. The van der Waals surface area contributed by atoms with Gasteiger partial charge in [-0.3, -0.25) is 4.79 Å². The number of nitrogens with two attached hydrogens (primary N) is 1. The molecule has 2 amide bonds. The molecule has 0 spiro atoms. The highest BCUT2D eigenvalue weighted by Crippen LogP contribution is 2.11. The third-order valence-electron chi connectivity index (χ3n) is 3.70. The van der Waals surface area contributed by atoms with Gasteiger partial charge >= 0.3 is 6.09 Å². The molecule has 1 aromatic rings. The Morgan fingerprint density at radius 2 is 1.69 bits per heavy atom. The van der Waals surface area contributed by atoms with Gasteiger partial charge < -0.3 is 25.6 Å². The average molecular weight is 361 g/mol. The van der Waals surface area contributed by atoms with Crippen molar-refractivity contribution in [3.8, 4) is 0 Å². The Hall–Kier alpha value is -2.77. The standard InChI is InChI=1S/C18H27N5O3/c1-18(2,3)26-17(25)23-11-9-22(10-12-23)16(19)20-13-15(24)21-14-7-5-4-6-8-14/h4-8H,9-13H2,1-3H3,(H2,19,20)(H,21,24). The molecule has 1 fully saturated rings. The molecule has 0 bridgehead atoms. The minimum Gasteiger partial charge on any atom is -0.444 e. The maximum atomic E-state index is 12.0. The monoisotopic (exact) mass is 361 g/mol. The molecular formula is C18H27N5O3. The van der Waals surface area contributed by atoms with Crippen LogP contribution in [0.5, 0.6) is 0 Å². The second-order valence-electron chi connectivity index (χ2n) is 7.04. The number of piperazine rings is 1. The van der Waals surface area contributed by atoms with Crippen LogP contribution in [0.25, 0.3) is 0 Å². The lowest BCUT2D eigenvalue weighted by Gasteiger charge is -2.36. The topological polar surface area (TPSA) is 100 Å². The number of amides is 2. The Kier molecular flexibility index (Phi) is 6.43. The van der Waals surface area contributed by atoms with Gasteiger partial charge in [0.1, 0.15) is 12.1 Å². The fourth-order valence-corrected chi connectivity index (χ4v) is 2.42. The number of nitrogens with zero attached hydrogens (tertiary/aromatic N) is 3. The Morgan fingerprint density at radius 1 is 1.12 bits per heavy atom. The molecule has 0 aromatic heterocycles. The lowest BCUT2D eigenvalue weighted by molar-refractivity contribution is -0.114. The van der Waals surface area contributed by atoms with Gasteiger partial charge in [-0.05, 0) is 32.9 Å². The summed E-state index contributed by atoms with van der Waals surface area (Å²) in [4.78, 5) is 31.6. The Labute approximate surface area is 154 Å². The number of nitrogens with one attached hydrogen (secondary N) is 1. The van der Waals surface area contributed by atoms with Crippen LogP contribution in [0.15, 0.2) is 35.3 Å². The zero-order valence-corrected chi connectivity index (χ0v) is 15.6. The van der Waals surface area contributed by atoms with Crippen molar-refractivity contribution < 1.29 is 14.3 Å². The third kappa shape index (κ3) is 6.27. The van der Waals surface area contributed by atoms with E-state index in [1.54, 1.807) is 17.0 Å². The quantitative estimate of drug-likeness (QED) is 0.628. The molecule has 142 valence electrons. The van der Waals surface area contributed by atoms with Crippen LogP contribution in [-0.2, 0) is 9.53 Å². The molecule has 1 heterocycles. The van der Waals surface area contributed by atoms with Crippen molar-refractivity contribution >= 4 is 23.6 Å². The molecule has 2 rings (SSSR count). The van der Waals surface area contributed by atoms with Crippen LogP contribution in [0.4, 0.5) is 10.5 Å². The molecule has 1 aliphatic rings. The van der Waals surface area contributed by atoms with Gasteiger partial charge in [-0.2, -0.15) is 0 Å². The number of ether oxygens (including phenoxy) is 1. The normalized spacial score (nSPS) is 15.6. The molecule has 0 saturated carbocycles. The number of carbonyl (C=O) groups excluding carboxylic acids is 2. The summed E-state index contributed by atoms with van der Waals surface area (Å²) in [7, 11) is 0. The van der Waals surface area contributed by atoms with E-state index in [2.05, 4.69) is 10.3 Å². The van der Waals surface area contributed by atoms with Crippen molar-refractivity contribution in [1.82, 2.24) is 9.80 Å². The zero-order valence-electron chi connectivity index (χ0n) is 15.6. The number of carbonyl (C=O) groups is 2. The van der Waals surface area contributed by atoms with Gasteiger partial charge in [-0.1, -0.05) is 18.2 Å². The zero-order chi connectivity index (χ0) is 19.2. The molecule has 0 unspecified atom stereocenters. The van der Waals surface area contributed by atoms with E-state index in [0.717, 1.165) is 5.69 Å². The Balaban J connectivity index is 1.78. The van der Waals surface area contributed by atoms with Crippen LogP contribution in [0, 0.1) is 0 Å². The summed E-state index contributed by atoms with van der Waals surface area (Å²) in [6.45, 7) is 7.57. The summed E-state index contributed by atoms with van der Waals surface area (Å²) >= 11 is 0. The predicted octanol–water partition coefficient (Wildman–Crippen LogP) is 1.49. The summed E-state index contributed by atoms with van der Waals surface area (Å²) in [6.07, 6.45) is -0.324. The number of guanidine groups is 1. The molecule has 8 nitrogen and oxygen atoms in total. The minimum atomic E-state index is -0.513. The number of aliphatic imine (C=N–C) groups is 1. The maximum absolute atomic E-state index is 12.0. The highest BCUT2D eigenvalue weighted by Gasteiger charge is 2.26. The van der Waals surface area contributed by atoms with Crippen LogP contribution in [-0.4, -0.2) is 66.1 Å². The van der Waals surface area contributed by atoms with Gasteiger partial charge in [0.25, 0.3) is 0 Å². The van der Waals surface area contributed by atoms with Crippen LogP contribution < -0.4 is 11.1 Å². The number of hydrogen-bond acceptors (Lipinski definition) is 4. The van der Waals surface area contributed by atoms with Crippen LogP contribution in [0.1, 0.15) is 20.8 Å². The first-order valence-electron chi connectivity index (χ1n) is 8.62. The third-order valence-corrected chi connectivity index (χ3v) is 3.70. The van der Waals surface area contributed by atoms with Crippen LogP contribution >= 0.6 is 0 Å². The fourth-order valence-electron chi connectivity index (χ4n) is 2.42. The minimum absolute atomic E-state index is 0.0486. The van der Waals surface area contributed by atoms with Crippen molar-refractivity contribution in [2.24, 2.45) is 10.7 Å². The smallest absolute Gasteiger partial charge is 0.410 e. The van der Waals surface area contributed by atoms with Crippen molar-refractivity contribution in [3.05, 3.63) is 30.3 Å². The second-order valence-corrected chi connectivity index (χ2v) is 7.04. The fraction of sp³-hybridized carbons (Fsp3) is 0.500. The molecule has 8 heteroatoms. The second kappa shape index (κ2) is 8.55. The number of anilines is 1. The van der Waals surface area contributed by atoms with Crippen molar-refractivity contribution in [3.63, 3.8) is 0 Å². The molecule has 3 N–H and O–H groups in total. The summed E-state index contributed by atoms with van der Waals surface area (Å²) in [6, 6.07) is 9.18. The molecule has 0 atom stereocenters. The van der Waals surface area contributed by atoms with Gasteiger partial charge in [0.05, 0.1) is 0 Å². The van der Waals surface area contributed by atoms with Gasteiger partial charge in [-0.25, -0.2) is 9.79 Å². The molecule has 0 aliphatic carbocycles. The van der Waals surface area contributed by atoms with E-state index in [0.29, 0.717) is 32.1 Å².